The number of hydrogen-bond acceptors (Lipinski definition) is 3. The van der Waals surface area contributed by atoms with Gasteiger partial charge in [-0.1, -0.05) is 82.0 Å². The van der Waals surface area contributed by atoms with Gasteiger partial charge in [0, 0.05) is 21.5 Å². The highest BCUT2D eigenvalue weighted by atomic mass is 35.5. The second kappa shape index (κ2) is 13.7. The van der Waals surface area contributed by atoms with Crippen LogP contribution in [0.5, 0.6) is 0 Å². The predicted octanol–water partition coefficient (Wildman–Crippen LogP) is 8.46. The summed E-state index contributed by atoms with van der Waals surface area (Å²) in [5.41, 5.74) is 2.82. The van der Waals surface area contributed by atoms with Crippen LogP contribution >= 0.6 is 23.4 Å². The number of anilines is 1. The molecule has 2 aromatic carbocycles. The zero-order valence-corrected chi connectivity index (χ0v) is 21.4. The van der Waals surface area contributed by atoms with E-state index in [-0.39, 0.29) is 11.9 Å². The summed E-state index contributed by atoms with van der Waals surface area (Å²) in [4.78, 5) is 14.1. The minimum absolute atomic E-state index is 0.184. The summed E-state index contributed by atoms with van der Waals surface area (Å²) in [6, 6.07) is 15.5. The van der Waals surface area contributed by atoms with E-state index in [9.17, 15) is 4.79 Å². The Morgan fingerprint density at radius 1 is 1.00 bits per heavy atom. The van der Waals surface area contributed by atoms with Crippen molar-refractivity contribution in [1.82, 2.24) is 5.01 Å². The number of thioether (sulfide) groups is 1. The fraction of sp³-hybridized carbons (Fsp3) is 0.481. The van der Waals surface area contributed by atoms with Crippen LogP contribution in [0.25, 0.3) is 0 Å². The van der Waals surface area contributed by atoms with Gasteiger partial charge in [0.05, 0.1) is 12.3 Å². The maximum atomic E-state index is 12.9. The summed E-state index contributed by atoms with van der Waals surface area (Å²) in [5.74, 6) is 0.246. The molecule has 2 amide bonds. The van der Waals surface area contributed by atoms with Crippen molar-refractivity contribution in [3.8, 4) is 0 Å². The van der Waals surface area contributed by atoms with Gasteiger partial charge in [-0.3, -0.25) is 0 Å². The van der Waals surface area contributed by atoms with Gasteiger partial charge in [-0.25, -0.2) is 9.80 Å². The molecule has 0 radical (unpaired) electrons. The van der Waals surface area contributed by atoms with Crippen LogP contribution in [0.15, 0.2) is 58.5 Å². The number of nitrogens with zero attached hydrogens (tertiary/aromatic N) is 2. The lowest BCUT2D eigenvalue weighted by Gasteiger charge is -2.16. The predicted molar refractivity (Wildman–Crippen MR) is 143 cm³/mol. The Hall–Kier alpha value is -1.98. The lowest BCUT2D eigenvalue weighted by atomic mass is 9.92. The average Bonchev–Trinajstić information content (AvgIpc) is 3.26. The first kappa shape index (κ1) is 25.6. The van der Waals surface area contributed by atoms with Crippen molar-refractivity contribution in [3.63, 3.8) is 0 Å². The van der Waals surface area contributed by atoms with Crippen molar-refractivity contribution in [2.75, 3.05) is 18.1 Å². The Balaban J connectivity index is 1.58. The van der Waals surface area contributed by atoms with E-state index in [4.69, 9.17) is 16.7 Å². The van der Waals surface area contributed by atoms with E-state index >= 15 is 0 Å². The fourth-order valence-corrected chi connectivity index (χ4v) is 4.74. The van der Waals surface area contributed by atoms with Crippen molar-refractivity contribution in [3.05, 3.63) is 59.1 Å². The van der Waals surface area contributed by atoms with Gasteiger partial charge in [0.1, 0.15) is 0 Å². The summed E-state index contributed by atoms with van der Waals surface area (Å²) in [6.45, 7) is 2.87. The number of carbonyl (C=O) groups is 1. The maximum Gasteiger partial charge on any atom is 0.342 e. The topological polar surface area (TPSA) is 44.7 Å². The minimum atomic E-state index is -0.184. The molecule has 1 unspecified atom stereocenters. The summed E-state index contributed by atoms with van der Waals surface area (Å²) in [5, 5.41) is 10.0. The lowest BCUT2D eigenvalue weighted by molar-refractivity contribution is 0.215. The van der Waals surface area contributed by atoms with Crippen LogP contribution in [0.3, 0.4) is 0 Å². The number of nitrogens with one attached hydrogen (secondary N) is 1. The molecule has 2 aromatic rings. The number of hydrazone groups is 1. The molecule has 1 N–H and O–H groups in total. The summed E-state index contributed by atoms with van der Waals surface area (Å²) >= 11 is 7.78. The van der Waals surface area contributed by atoms with E-state index in [1.54, 1.807) is 16.8 Å². The second-order valence-corrected chi connectivity index (χ2v) is 10.0. The van der Waals surface area contributed by atoms with Crippen LogP contribution in [-0.2, 0) is 0 Å². The average molecular weight is 486 g/mol. The molecule has 1 aliphatic rings. The number of halogens is 1. The van der Waals surface area contributed by atoms with Gasteiger partial charge in [0.25, 0.3) is 0 Å². The molecule has 0 spiro atoms. The van der Waals surface area contributed by atoms with Crippen molar-refractivity contribution < 1.29 is 4.79 Å². The molecule has 0 aliphatic carbocycles. The molecule has 1 atom stereocenters. The van der Waals surface area contributed by atoms with Crippen molar-refractivity contribution >= 4 is 40.8 Å². The third-order valence-electron chi connectivity index (χ3n) is 6.13. The molecule has 0 fully saturated rings. The highest BCUT2D eigenvalue weighted by molar-refractivity contribution is 7.98. The summed E-state index contributed by atoms with van der Waals surface area (Å²) < 4.78 is 0. The van der Waals surface area contributed by atoms with Gasteiger partial charge in [-0.2, -0.15) is 5.10 Å². The summed E-state index contributed by atoms with van der Waals surface area (Å²) in [7, 11) is 0. The van der Waals surface area contributed by atoms with Crippen LogP contribution < -0.4 is 5.32 Å². The zero-order chi connectivity index (χ0) is 23.5. The number of hydrogen-bond donors (Lipinski definition) is 1. The number of benzene rings is 2. The van der Waals surface area contributed by atoms with Crippen molar-refractivity contribution in [2.45, 2.75) is 69.6 Å². The van der Waals surface area contributed by atoms with Gasteiger partial charge < -0.3 is 5.32 Å². The normalized spacial score (nSPS) is 15.5. The van der Waals surface area contributed by atoms with Crippen molar-refractivity contribution in [2.24, 2.45) is 11.0 Å². The molecule has 1 heterocycles. The Morgan fingerprint density at radius 2 is 1.64 bits per heavy atom. The Labute approximate surface area is 208 Å². The maximum absolute atomic E-state index is 12.9. The van der Waals surface area contributed by atoms with E-state index in [0.29, 0.717) is 11.6 Å². The molecule has 0 aromatic heterocycles. The molecule has 3 rings (SSSR count). The quantitative estimate of drug-likeness (QED) is 0.242. The molecule has 4 nitrogen and oxygen atoms in total. The molecule has 178 valence electrons. The Morgan fingerprint density at radius 3 is 2.27 bits per heavy atom. The number of unbranched alkanes of at least 4 members (excludes halogenated alkanes) is 7. The lowest BCUT2D eigenvalue weighted by Crippen LogP contribution is -2.30. The Kier molecular flexibility index (Phi) is 10.6. The van der Waals surface area contributed by atoms with Gasteiger partial charge in [-0.15, -0.1) is 11.8 Å². The fourth-order valence-electron chi connectivity index (χ4n) is 4.21. The van der Waals surface area contributed by atoms with Crippen LogP contribution in [0.1, 0.15) is 70.3 Å². The Bertz CT molecular complexity index is 899. The van der Waals surface area contributed by atoms with E-state index in [0.717, 1.165) is 29.8 Å². The molecular formula is C27H36ClN3OS. The van der Waals surface area contributed by atoms with Crippen LogP contribution in [0, 0.1) is 5.92 Å². The van der Waals surface area contributed by atoms with E-state index in [2.05, 4.69) is 12.2 Å². The van der Waals surface area contributed by atoms with Crippen LogP contribution in [0.2, 0.25) is 5.02 Å². The number of rotatable bonds is 12. The van der Waals surface area contributed by atoms with Gasteiger partial charge >= 0.3 is 6.03 Å². The molecule has 33 heavy (non-hydrogen) atoms. The molecule has 0 saturated carbocycles. The molecule has 1 aliphatic heterocycles. The van der Waals surface area contributed by atoms with E-state index in [1.807, 2.05) is 54.8 Å². The zero-order valence-electron chi connectivity index (χ0n) is 19.9. The van der Waals surface area contributed by atoms with Crippen LogP contribution in [-0.4, -0.2) is 29.6 Å². The monoisotopic (exact) mass is 485 g/mol. The van der Waals surface area contributed by atoms with Gasteiger partial charge in [0.15, 0.2) is 0 Å². The highest BCUT2D eigenvalue weighted by Crippen LogP contribution is 2.27. The first-order valence-corrected chi connectivity index (χ1v) is 13.8. The third-order valence-corrected chi connectivity index (χ3v) is 7.13. The molecule has 0 saturated heterocycles. The van der Waals surface area contributed by atoms with E-state index < -0.39 is 0 Å². The first-order chi connectivity index (χ1) is 16.1. The molecule has 6 heteroatoms. The smallest absolute Gasteiger partial charge is 0.306 e. The van der Waals surface area contributed by atoms with Gasteiger partial charge in [0.2, 0.25) is 0 Å². The van der Waals surface area contributed by atoms with Crippen LogP contribution in [0.4, 0.5) is 10.5 Å². The molecular weight excluding hydrogens is 450 g/mol. The number of carbonyl (C=O) groups excluding carboxylic acids is 1. The SMILES string of the molecule is CCCCCCCCCCC1CN(C(=O)Nc2ccc(SC)cc2)N=C1c1ccc(Cl)cc1. The standard InChI is InChI=1S/C27H36ClN3OS/c1-3-4-5-6-7-8-9-10-11-22-20-31(30-26(22)21-12-14-23(28)15-13-21)27(32)29-24-16-18-25(33-2)19-17-24/h12-19,22H,3-11,20H2,1-2H3,(H,29,32). The minimum Gasteiger partial charge on any atom is -0.306 e. The molecule has 0 bridgehead atoms. The van der Waals surface area contributed by atoms with Gasteiger partial charge in [-0.05, 0) is 54.6 Å². The largest absolute Gasteiger partial charge is 0.342 e. The van der Waals surface area contributed by atoms with E-state index in [1.165, 1.54) is 49.8 Å². The second-order valence-electron chi connectivity index (χ2n) is 8.69. The summed E-state index contributed by atoms with van der Waals surface area (Å²) in [6.07, 6.45) is 13.5. The highest BCUT2D eigenvalue weighted by Gasteiger charge is 2.30. The van der Waals surface area contributed by atoms with Crippen molar-refractivity contribution in [1.29, 1.82) is 0 Å². The number of amides is 2. The third kappa shape index (κ3) is 8.08. The first-order valence-electron chi connectivity index (χ1n) is 12.2. The number of urea groups is 1.